The molecule has 0 radical (unpaired) electrons. The molecular formula is C8H15NO3. The van der Waals surface area contributed by atoms with Crippen LogP contribution in [-0.2, 0) is 4.79 Å². The monoisotopic (exact) mass is 173 g/mol. The Bertz CT molecular complexity index is 172. The number of aliphatic carboxylic acids is 1. The summed E-state index contributed by atoms with van der Waals surface area (Å²) in [5.41, 5.74) is 0. The summed E-state index contributed by atoms with van der Waals surface area (Å²) in [6.07, 6.45) is 1.34. The van der Waals surface area contributed by atoms with Gasteiger partial charge in [-0.25, -0.2) is 0 Å². The van der Waals surface area contributed by atoms with Gasteiger partial charge in [0.1, 0.15) is 6.04 Å². The van der Waals surface area contributed by atoms with E-state index in [4.69, 9.17) is 5.11 Å². The van der Waals surface area contributed by atoms with Crippen molar-refractivity contribution in [2.45, 2.75) is 31.9 Å². The molecule has 0 aliphatic carbocycles. The van der Waals surface area contributed by atoms with Crippen LogP contribution in [0.15, 0.2) is 0 Å². The number of hydrogen-bond acceptors (Lipinski definition) is 3. The number of aliphatic hydroxyl groups is 1. The van der Waals surface area contributed by atoms with Crippen molar-refractivity contribution in [2.75, 3.05) is 13.1 Å². The highest BCUT2D eigenvalue weighted by atomic mass is 16.4. The Kier molecular flexibility index (Phi) is 3.05. The molecule has 4 nitrogen and oxygen atoms in total. The fourth-order valence-electron chi connectivity index (χ4n) is 1.49. The predicted octanol–water partition coefficient (Wildman–Crippen LogP) is -0.0838. The van der Waals surface area contributed by atoms with E-state index in [0.29, 0.717) is 6.54 Å². The number of piperidine rings is 1. The Morgan fingerprint density at radius 2 is 2.33 bits per heavy atom. The number of rotatable bonds is 2. The minimum absolute atomic E-state index is 0.347. The van der Waals surface area contributed by atoms with Crippen LogP contribution in [-0.4, -0.2) is 46.3 Å². The highest BCUT2D eigenvalue weighted by Crippen LogP contribution is 2.12. The standard InChI is InChI=1S/C8H15NO3/c1-6(8(11)12)9-4-2-3-7(10)5-9/h6-7,10H,2-5H2,1H3,(H,11,12)/t6?,7-/m0/s1. The van der Waals surface area contributed by atoms with Gasteiger partial charge in [0.05, 0.1) is 6.10 Å². The maximum atomic E-state index is 10.6. The number of carboxylic acid groups (broad SMARTS) is 1. The first-order valence-electron chi connectivity index (χ1n) is 4.26. The molecule has 1 aliphatic rings. The maximum absolute atomic E-state index is 10.6. The van der Waals surface area contributed by atoms with E-state index in [2.05, 4.69) is 0 Å². The van der Waals surface area contributed by atoms with Crippen molar-refractivity contribution in [2.24, 2.45) is 0 Å². The van der Waals surface area contributed by atoms with Crippen molar-refractivity contribution in [3.63, 3.8) is 0 Å². The number of aliphatic hydroxyl groups excluding tert-OH is 1. The van der Waals surface area contributed by atoms with Gasteiger partial charge in [-0.3, -0.25) is 9.69 Å². The van der Waals surface area contributed by atoms with Crippen molar-refractivity contribution in [3.05, 3.63) is 0 Å². The fraction of sp³-hybridized carbons (Fsp3) is 0.875. The normalized spacial score (nSPS) is 28.3. The molecule has 70 valence electrons. The van der Waals surface area contributed by atoms with Crippen LogP contribution in [0.4, 0.5) is 0 Å². The molecule has 0 aromatic rings. The largest absolute Gasteiger partial charge is 0.480 e. The Morgan fingerprint density at radius 3 is 2.83 bits per heavy atom. The van der Waals surface area contributed by atoms with E-state index >= 15 is 0 Å². The van der Waals surface area contributed by atoms with Crippen LogP contribution in [0.3, 0.4) is 0 Å². The zero-order chi connectivity index (χ0) is 9.14. The van der Waals surface area contributed by atoms with Crippen molar-refractivity contribution in [1.29, 1.82) is 0 Å². The number of carbonyl (C=O) groups is 1. The molecule has 1 rings (SSSR count). The zero-order valence-corrected chi connectivity index (χ0v) is 7.23. The lowest BCUT2D eigenvalue weighted by atomic mass is 10.1. The summed E-state index contributed by atoms with van der Waals surface area (Å²) in [5, 5.41) is 18.0. The lowest BCUT2D eigenvalue weighted by molar-refractivity contribution is -0.143. The quantitative estimate of drug-likeness (QED) is 0.613. The first kappa shape index (κ1) is 9.48. The average Bonchev–Trinajstić information content (AvgIpc) is 2.03. The Labute approximate surface area is 71.8 Å². The van der Waals surface area contributed by atoms with Crippen molar-refractivity contribution in [3.8, 4) is 0 Å². The molecule has 2 atom stereocenters. The van der Waals surface area contributed by atoms with E-state index < -0.39 is 12.0 Å². The Morgan fingerprint density at radius 1 is 1.67 bits per heavy atom. The van der Waals surface area contributed by atoms with E-state index in [1.165, 1.54) is 0 Å². The minimum atomic E-state index is -0.816. The second-order valence-corrected chi connectivity index (χ2v) is 3.31. The smallest absolute Gasteiger partial charge is 0.320 e. The summed E-state index contributed by atoms with van der Waals surface area (Å²) in [6, 6.07) is -0.472. The molecule has 12 heavy (non-hydrogen) atoms. The van der Waals surface area contributed by atoms with Gasteiger partial charge >= 0.3 is 5.97 Å². The predicted molar refractivity (Wildman–Crippen MR) is 43.9 cm³/mol. The highest BCUT2D eigenvalue weighted by molar-refractivity contribution is 5.72. The van der Waals surface area contributed by atoms with Gasteiger partial charge in [-0.05, 0) is 26.3 Å². The molecular weight excluding hydrogens is 158 g/mol. The summed E-state index contributed by atoms with van der Waals surface area (Å²) < 4.78 is 0. The van der Waals surface area contributed by atoms with Crippen LogP contribution in [0, 0.1) is 0 Å². The van der Waals surface area contributed by atoms with E-state index in [-0.39, 0.29) is 6.10 Å². The third-order valence-electron chi connectivity index (χ3n) is 2.33. The average molecular weight is 173 g/mol. The number of likely N-dealkylation sites (tertiary alicyclic amines) is 1. The molecule has 0 bridgehead atoms. The van der Waals surface area contributed by atoms with Crippen LogP contribution in [0.2, 0.25) is 0 Å². The van der Waals surface area contributed by atoms with E-state index in [1.807, 2.05) is 0 Å². The molecule has 0 aromatic carbocycles. The lowest BCUT2D eigenvalue weighted by Gasteiger charge is -2.32. The van der Waals surface area contributed by atoms with Gasteiger partial charge in [-0.15, -0.1) is 0 Å². The first-order valence-corrected chi connectivity index (χ1v) is 4.26. The SMILES string of the molecule is CC(C(=O)O)N1CCC[C@H](O)C1. The summed E-state index contributed by atoms with van der Waals surface area (Å²) in [7, 11) is 0. The molecule has 1 aliphatic heterocycles. The molecule has 0 saturated carbocycles. The van der Waals surface area contributed by atoms with Crippen molar-refractivity contribution < 1.29 is 15.0 Å². The Balaban J connectivity index is 2.45. The van der Waals surface area contributed by atoms with Gasteiger partial charge < -0.3 is 10.2 Å². The summed E-state index contributed by atoms with van der Waals surface area (Å²) >= 11 is 0. The molecule has 4 heteroatoms. The summed E-state index contributed by atoms with van der Waals surface area (Å²) in [4.78, 5) is 12.4. The van der Waals surface area contributed by atoms with E-state index in [0.717, 1.165) is 19.4 Å². The van der Waals surface area contributed by atoms with Gasteiger partial charge in [0.15, 0.2) is 0 Å². The molecule has 1 unspecified atom stereocenters. The molecule has 0 spiro atoms. The number of β-amino-alcohol motifs (C(OH)–C–C–N with tert-alkyl or cyclic N) is 1. The van der Waals surface area contributed by atoms with Gasteiger partial charge in [-0.1, -0.05) is 0 Å². The molecule has 2 N–H and O–H groups in total. The fourth-order valence-corrected chi connectivity index (χ4v) is 1.49. The van der Waals surface area contributed by atoms with Crippen LogP contribution in [0.25, 0.3) is 0 Å². The molecule has 1 fully saturated rings. The lowest BCUT2D eigenvalue weighted by Crippen LogP contribution is -2.46. The topological polar surface area (TPSA) is 60.8 Å². The molecule has 0 amide bonds. The van der Waals surface area contributed by atoms with Gasteiger partial charge in [0.25, 0.3) is 0 Å². The second kappa shape index (κ2) is 3.87. The van der Waals surface area contributed by atoms with Crippen LogP contribution < -0.4 is 0 Å². The first-order chi connectivity index (χ1) is 5.61. The number of hydrogen-bond donors (Lipinski definition) is 2. The maximum Gasteiger partial charge on any atom is 0.320 e. The molecule has 1 heterocycles. The number of carboxylic acids is 1. The summed E-state index contributed by atoms with van der Waals surface area (Å²) in [6.45, 7) is 2.93. The van der Waals surface area contributed by atoms with Gasteiger partial charge in [0.2, 0.25) is 0 Å². The van der Waals surface area contributed by atoms with E-state index in [1.54, 1.807) is 11.8 Å². The number of nitrogens with zero attached hydrogens (tertiary/aromatic N) is 1. The second-order valence-electron chi connectivity index (χ2n) is 3.31. The van der Waals surface area contributed by atoms with Gasteiger partial charge in [0, 0.05) is 6.54 Å². The van der Waals surface area contributed by atoms with Gasteiger partial charge in [-0.2, -0.15) is 0 Å². The van der Waals surface area contributed by atoms with Crippen LogP contribution in [0.5, 0.6) is 0 Å². The Hall–Kier alpha value is -0.610. The van der Waals surface area contributed by atoms with Crippen LogP contribution >= 0.6 is 0 Å². The highest BCUT2D eigenvalue weighted by Gasteiger charge is 2.25. The third kappa shape index (κ3) is 2.19. The molecule has 0 aromatic heterocycles. The minimum Gasteiger partial charge on any atom is -0.480 e. The van der Waals surface area contributed by atoms with E-state index in [9.17, 15) is 9.90 Å². The summed E-state index contributed by atoms with van der Waals surface area (Å²) in [5.74, 6) is -0.816. The van der Waals surface area contributed by atoms with Crippen LogP contribution in [0.1, 0.15) is 19.8 Å². The molecule has 1 saturated heterocycles. The van der Waals surface area contributed by atoms with Crippen molar-refractivity contribution >= 4 is 5.97 Å². The van der Waals surface area contributed by atoms with Crippen molar-refractivity contribution in [1.82, 2.24) is 4.90 Å². The third-order valence-corrected chi connectivity index (χ3v) is 2.33. The zero-order valence-electron chi connectivity index (χ0n) is 7.23.